The van der Waals surface area contributed by atoms with Crippen molar-refractivity contribution in [3.8, 4) is 0 Å². The Labute approximate surface area is 88.3 Å². The summed E-state index contributed by atoms with van der Waals surface area (Å²) in [4.78, 5) is 20.5. The van der Waals surface area contributed by atoms with Gasteiger partial charge < -0.3 is 15.6 Å². The standard InChI is InChI=1S/C10H16N4O/c1-14(5-4-11)8-6-9(15)13-10(12-8)7-2-3-7/h6-7H,2-5,11H2,1H3,(H,12,13,15). The van der Waals surface area contributed by atoms with Crippen LogP contribution in [0.5, 0.6) is 0 Å². The second kappa shape index (κ2) is 4.02. The third-order valence-electron chi connectivity index (χ3n) is 2.57. The molecule has 1 aliphatic carbocycles. The number of hydrogen-bond donors (Lipinski definition) is 2. The number of nitrogens with one attached hydrogen (secondary N) is 1. The Kier molecular flexibility index (Phi) is 2.73. The minimum absolute atomic E-state index is 0.0780. The first-order valence-corrected chi connectivity index (χ1v) is 5.23. The van der Waals surface area contributed by atoms with Gasteiger partial charge in [-0.3, -0.25) is 4.79 Å². The number of aromatic nitrogens is 2. The molecule has 1 aromatic heterocycles. The number of anilines is 1. The Balaban J connectivity index is 2.26. The van der Waals surface area contributed by atoms with Crippen molar-refractivity contribution in [2.24, 2.45) is 5.73 Å². The lowest BCUT2D eigenvalue weighted by atomic mass is 10.4. The lowest BCUT2D eigenvalue weighted by Crippen LogP contribution is -2.27. The van der Waals surface area contributed by atoms with Crippen LogP contribution in [0.15, 0.2) is 10.9 Å². The predicted molar refractivity (Wildman–Crippen MR) is 59.2 cm³/mol. The normalized spacial score (nSPS) is 15.3. The van der Waals surface area contributed by atoms with Gasteiger partial charge in [0.2, 0.25) is 0 Å². The lowest BCUT2D eigenvalue weighted by molar-refractivity contribution is 0.833. The van der Waals surface area contributed by atoms with Gasteiger partial charge in [0.1, 0.15) is 11.6 Å². The molecule has 0 aromatic carbocycles. The van der Waals surface area contributed by atoms with E-state index < -0.39 is 0 Å². The number of nitrogens with two attached hydrogens (primary N) is 1. The molecule has 1 aromatic rings. The van der Waals surface area contributed by atoms with Gasteiger partial charge in [0.05, 0.1) is 0 Å². The summed E-state index contributed by atoms with van der Waals surface area (Å²) in [5, 5.41) is 0. The summed E-state index contributed by atoms with van der Waals surface area (Å²) in [6.07, 6.45) is 2.26. The highest BCUT2D eigenvalue weighted by Crippen LogP contribution is 2.37. The predicted octanol–water partition coefficient (Wildman–Crippen LogP) is 0.0422. The van der Waals surface area contributed by atoms with Gasteiger partial charge in [0.25, 0.3) is 5.56 Å². The van der Waals surface area contributed by atoms with E-state index in [0.717, 1.165) is 18.7 Å². The van der Waals surface area contributed by atoms with Crippen molar-refractivity contribution in [1.29, 1.82) is 0 Å². The van der Waals surface area contributed by atoms with E-state index in [0.29, 0.717) is 24.8 Å². The summed E-state index contributed by atoms with van der Waals surface area (Å²) in [5.41, 5.74) is 5.38. The molecule has 0 radical (unpaired) electrons. The van der Waals surface area contributed by atoms with Crippen molar-refractivity contribution in [2.75, 3.05) is 25.0 Å². The maximum Gasteiger partial charge on any atom is 0.252 e. The zero-order chi connectivity index (χ0) is 10.8. The molecule has 5 heteroatoms. The van der Waals surface area contributed by atoms with E-state index in [1.807, 2.05) is 11.9 Å². The lowest BCUT2D eigenvalue weighted by Gasteiger charge is -2.17. The molecule has 3 N–H and O–H groups in total. The van der Waals surface area contributed by atoms with Gasteiger partial charge >= 0.3 is 0 Å². The van der Waals surface area contributed by atoms with Crippen LogP contribution in [-0.2, 0) is 0 Å². The van der Waals surface area contributed by atoms with Gasteiger partial charge in [-0.25, -0.2) is 4.98 Å². The summed E-state index contributed by atoms with van der Waals surface area (Å²) < 4.78 is 0. The maximum absolute atomic E-state index is 11.4. The molecule has 1 saturated carbocycles. The quantitative estimate of drug-likeness (QED) is 0.732. The van der Waals surface area contributed by atoms with Crippen molar-refractivity contribution in [3.63, 3.8) is 0 Å². The molecular formula is C10H16N4O. The van der Waals surface area contributed by atoms with Crippen molar-refractivity contribution < 1.29 is 0 Å². The Morgan fingerprint density at radius 1 is 1.67 bits per heavy atom. The van der Waals surface area contributed by atoms with Crippen LogP contribution in [-0.4, -0.2) is 30.1 Å². The minimum Gasteiger partial charge on any atom is -0.358 e. The number of nitrogens with zero attached hydrogens (tertiary/aromatic N) is 2. The summed E-state index contributed by atoms with van der Waals surface area (Å²) in [7, 11) is 1.89. The van der Waals surface area contributed by atoms with E-state index in [1.54, 1.807) is 0 Å². The zero-order valence-corrected chi connectivity index (χ0v) is 8.86. The Morgan fingerprint density at radius 3 is 3.00 bits per heavy atom. The summed E-state index contributed by atoms with van der Waals surface area (Å²) in [5.74, 6) is 2.00. The molecule has 1 aliphatic rings. The van der Waals surface area contributed by atoms with E-state index in [-0.39, 0.29) is 5.56 Å². The highest BCUT2D eigenvalue weighted by molar-refractivity contribution is 5.36. The van der Waals surface area contributed by atoms with Crippen molar-refractivity contribution >= 4 is 5.82 Å². The molecule has 1 heterocycles. The van der Waals surface area contributed by atoms with Gasteiger partial charge in [-0.15, -0.1) is 0 Å². The topological polar surface area (TPSA) is 75.0 Å². The zero-order valence-electron chi connectivity index (χ0n) is 8.86. The number of H-pyrrole nitrogens is 1. The fourth-order valence-electron chi connectivity index (χ4n) is 1.52. The van der Waals surface area contributed by atoms with Crippen LogP contribution >= 0.6 is 0 Å². The fraction of sp³-hybridized carbons (Fsp3) is 0.600. The SMILES string of the molecule is CN(CCN)c1cc(=O)[nH]c(C2CC2)n1. The van der Waals surface area contributed by atoms with Gasteiger partial charge in [0.15, 0.2) is 0 Å². The number of hydrogen-bond acceptors (Lipinski definition) is 4. The fourth-order valence-corrected chi connectivity index (χ4v) is 1.52. The van der Waals surface area contributed by atoms with E-state index in [4.69, 9.17) is 5.73 Å². The Bertz CT molecular complexity index is 397. The molecule has 0 bridgehead atoms. The summed E-state index contributed by atoms with van der Waals surface area (Å²) in [6.45, 7) is 1.27. The van der Waals surface area contributed by atoms with E-state index in [2.05, 4.69) is 9.97 Å². The third kappa shape index (κ3) is 2.36. The van der Waals surface area contributed by atoms with E-state index >= 15 is 0 Å². The molecular weight excluding hydrogens is 192 g/mol. The Hall–Kier alpha value is -1.36. The first-order chi connectivity index (χ1) is 7.20. The average molecular weight is 208 g/mol. The van der Waals surface area contributed by atoms with Crippen LogP contribution < -0.4 is 16.2 Å². The molecule has 0 aliphatic heterocycles. The van der Waals surface area contributed by atoms with Crippen molar-refractivity contribution in [1.82, 2.24) is 9.97 Å². The molecule has 5 nitrogen and oxygen atoms in total. The molecule has 0 atom stereocenters. The highest BCUT2D eigenvalue weighted by atomic mass is 16.1. The van der Waals surface area contributed by atoms with Gasteiger partial charge in [-0.1, -0.05) is 0 Å². The molecule has 0 saturated heterocycles. The van der Waals surface area contributed by atoms with Gasteiger partial charge in [-0.2, -0.15) is 0 Å². The smallest absolute Gasteiger partial charge is 0.252 e. The minimum atomic E-state index is -0.0780. The monoisotopic (exact) mass is 208 g/mol. The second-order valence-corrected chi connectivity index (χ2v) is 3.97. The first kappa shape index (κ1) is 10.2. The first-order valence-electron chi connectivity index (χ1n) is 5.23. The summed E-state index contributed by atoms with van der Waals surface area (Å²) in [6, 6.07) is 1.52. The molecule has 0 unspecified atom stereocenters. The molecule has 0 amide bonds. The van der Waals surface area contributed by atoms with Crippen molar-refractivity contribution in [3.05, 3.63) is 22.2 Å². The molecule has 0 spiro atoms. The molecule has 2 rings (SSSR count). The highest BCUT2D eigenvalue weighted by Gasteiger charge is 2.26. The molecule has 1 fully saturated rings. The van der Waals surface area contributed by atoms with Crippen LogP contribution in [0.1, 0.15) is 24.6 Å². The second-order valence-electron chi connectivity index (χ2n) is 3.97. The third-order valence-corrected chi connectivity index (χ3v) is 2.57. The van der Waals surface area contributed by atoms with Crippen LogP contribution in [0.2, 0.25) is 0 Å². The molecule has 15 heavy (non-hydrogen) atoms. The van der Waals surface area contributed by atoms with E-state index in [9.17, 15) is 4.79 Å². The van der Waals surface area contributed by atoms with Gasteiger partial charge in [-0.05, 0) is 12.8 Å². The van der Waals surface area contributed by atoms with Crippen LogP contribution in [0.3, 0.4) is 0 Å². The number of rotatable bonds is 4. The van der Waals surface area contributed by atoms with Crippen molar-refractivity contribution in [2.45, 2.75) is 18.8 Å². The number of likely N-dealkylation sites (N-methyl/N-ethyl adjacent to an activating group) is 1. The maximum atomic E-state index is 11.4. The van der Waals surface area contributed by atoms with Crippen LogP contribution in [0.4, 0.5) is 5.82 Å². The Morgan fingerprint density at radius 2 is 2.40 bits per heavy atom. The summed E-state index contributed by atoms with van der Waals surface area (Å²) >= 11 is 0. The number of aromatic amines is 1. The van der Waals surface area contributed by atoms with E-state index in [1.165, 1.54) is 6.07 Å². The van der Waals surface area contributed by atoms with Gasteiger partial charge in [0, 0.05) is 32.1 Å². The van der Waals surface area contributed by atoms with Crippen LogP contribution in [0.25, 0.3) is 0 Å². The molecule has 82 valence electrons. The van der Waals surface area contributed by atoms with Crippen LogP contribution in [0, 0.1) is 0 Å². The largest absolute Gasteiger partial charge is 0.358 e. The average Bonchev–Trinajstić information content (AvgIpc) is 3.00.